The van der Waals surface area contributed by atoms with Gasteiger partial charge in [-0.1, -0.05) is 6.07 Å². The largest absolute Gasteiger partial charge is 0.356 e. The quantitative estimate of drug-likeness (QED) is 0.739. The number of hydrogen-bond acceptors (Lipinski definition) is 3. The molecule has 0 radical (unpaired) electrons. The predicted molar refractivity (Wildman–Crippen MR) is 61.0 cm³/mol. The van der Waals surface area contributed by atoms with Crippen LogP contribution in [0, 0.1) is 18.8 Å². The van der Waals surface area contributed by atoms with E-state index >= 15 is 0 Å². The van der Waals surface area contributed by atoms with Gasteiger partial charge in [0.1, 0.15) is 5.82 Å². The molecule has 80 valence electrons. The first-order chi connectivity index (χ1) is 7.33. The van der Waals surface area contributed by atoms with Crippen LogP contribution in [-0.4, -0.2) is 31.2 Å². The molecule has 2 saturated heterocycles. The summed E-state index contributed by atoms with van der Waals surface area (Å²) in [6, 6.07) is 4.29. The Morgan fingerprint density at radius 2 is 2.00 bits per heavy atom. The summed E-state index contributed by atoms with van der Waals surface area (Å²) < 4.78 is 0. The van der Waals surface area contributed by atoms with Gasteiger partial charge in [-0.2, -0.15) is 0 Å². The summed E-state index contributed by atoms with van der Waals surface area (Å²) in [6.45, 7) is 6.81. The third-order valence-electron chi connectivity index (χ3n) is 3.61. The highest BCUT2D eigenvalue weighted by atomic mass is 15.2. The number of rotatable bonds is 1. The van der Waals surface area contributed by atoms with Crippen LogP contribution < -0.4 is 10.2 Å². The molecular weight excluding hydrogens is 186 g/mol. The van der Waals surface area contributed by atoms with Crippen molar-refractivity contribution in [2.75, 3.05) is 31.1 Å². The third-order valence-corrected chi connectivity index (χ3v) is 3.61. The first-order valence-electron chi connectivity index (χ1n) is 5.71. The first kappa shape index (κ1) is 9.16. The average molecular weight is 203 g/mol. The van der Waals surface area contributed by atoms with Crippen molar-refractivity contribution >= 4 is 5.82 Å². The molecule has 0 spiro atoms. The van der Waals surface area contributed by atoms with Gasteiger partial charge in [0.2, 0.25) is 0 Å². The van der Waals surface area contributed by atoms with Gasteiger partial charge in [0.15, 0.2) is 0 Å². The minimum atomic E-state index is 0.841. The smallest absolute Gasteiger partial charge is 0.128 e. The van der Waals surface area contributed by atoms with Crippen LogP contribution >= 0.6 is 0 Å². The summed E-state index contributed by atoms with van der Waals surface area (Å²) in [6.07, 6.45) is 1.96. The Morgan fingerprint density at radius 3 is 2.60 bits per heavy atom. The fourth-order valence-corrected chi connectivity index (χ4v) is 2.69. The second-order valence-electron chi connectivity index (χ2n) is 4.78. The summed E-state index contributed by atoms with van der Waals surface area (Å²) in [5, 5.41) is 3.46. The summed E-state index contributed by atoms with van der Waals surface area (Å²) in [5.74, 6) is 2.83. The van der Waals surface area contributed by atoms with Gasteiger partial charge >= 0.3 is 0 Å². The predicted octanol–water partition coefficient (Wildman–Crippen LogP) is 1.05. The summed E-state index contributed by atoms with van der Waals surface area (Å²) in [7, 11) is 0. The molecule has 2 aliphatic heterocycles. The Hall–Kier alpha value is -1.09. The zero-order valence-corrected chi connectivity index (χ0v) is 9.11. The molecule has 1 aromatic heterocycles. The second kappa shape index (κ2) is 3.49. The molecule has 3 nitrogen and oxygen atoms in total. The molecule has 0 aliphatic carbocycles. The molecule has 0 bridgehead atoms. The van der Waals surface area contributed by atoms with E-state index in [-0.39, 0.29) is 0 Å². The molecule has 2 fully saturated rings. The highest BCUT2D eigenvalue weighted by molar-refractivity contribution is 5.41. The molecule has 0 saturated carbocycles. The molecule has 1 N–H and O–H groups in total. The SMILES string of the molecule is Cc1ccc(N2CC3CNCC3C2)nc1. The van der Waals surface area contributed by atoms with E-state index in [0.717, 1.165) is 17.7 Å². The molecule has 0 amide bonds. The van der Waals surface area contributed by atoms with Gasteiger partial charge in [-0.15, -0.1) is 0 Å². The lowest BCUT2D eigenvalue weighted by Crippen LogP contribution is -2.26. The lowest BCUT2D eigenvalue weighted by Gasteiger charge is -2.18. The Kier molecular flexibility index (Phi) is 2.13. The van der Waals surface area contributed by atoms with Crippen LogP contribution in [0.5, 0.6) is 0 Å². The molecule has 1 aromatic rings. The van der Waals surface area contributed by atoms with E-state index in [2.05, 4.69) is 34.3 Å². The van der Waals surface area contributed by atoms with Gasteiger partial charge in [0.05, 0.1) is 0 Å². The van der Waals surface area contributed by atoms with Crippen LogP contribution in [0.3, 0.4) is 0 Å². The standard InChI is InChI=1S/C12H17N3/c1-9-2-3-12(14-4-9)15-7-10-5-13-6-11(10)8-15/h2-4,10-11,13H,5-8H2,1H3. The molecular formula is C12H17N3. The first-order valence-corrected chi connectivity index (χ1v) is 5.71. The maximum atomic E-state index is 4.49. The van der Waals surface area contributed by atoms with Crippen molar-refractivity contribution in [2.45, 2.75) is 6.92 Å². The Balaban J connectivity index is 1.76. The molecule has 0 aromatic carbocycles. The van der Waals surface area contributed by atoms with Crippen molar-refractivity contribution < 1.29 is 0 Å². The maximum absolute atomic E-state index is 4.49. The van der Waals surface area contributed by atoms with E-state index in [4.69, 9.17) is 0 Å². The highest BCUT2D eigenvalue weighted by Crippen LogP contribution is 2.29. The lowest BCUT2D eigenvalue weighted by molar-refractivity contribution is 0.533. The normalized spacial score (nSPS) is 29.5. The number of aryl methyl sites for hydroxylation is 1. The lowest BCUT2D eigenvalue weighted by atomic mass is 10.0. The second-order valence-corrected chi connectivity index (χ2v) is 4.78. The number of anilines is 1. The van der Waals surface area contributed by atoms with Crippen LogP contribution in [0.15, 0.2) is 18.3 Å². The van der Waals surface area contributed by atoms with Crippen molar-refractivity contribution in [2.24, 2.45) is 11.8 Å². The third kappa shape index (κ3) is 1.61. The minimum absolute atomic E-state index is 0.841. The van der Waals surface area contributed by atoms with E-state index in [1.54, 1.807) is 0 Å². The van der Waals surface area contributed by atoms with Gasteiger partial charge < -0.3 is 10.2 Å². The van der Waals surface area contributed by atoms with Gasteiger partial charge in [0.25, 0.3) is 0 Å². The van der Waals surface area contributed by atoms with E-state index in [1.807, 2.05) is 6.20 Å². The van der Waals surface area contributed by atoms with Crippen LogP contribution in [0.1, 0.15) is 5.56 Å². The van der Waals surface area contributed by atoms with Crippen LogP contribution in [0.4, 0.5) is 5.82 Å². The molecule has 2 unspecified atom stereocenters. The van der Waals surface area contributed by atoms with Crippen molar-refractivity contribution in [3.05, 3.63) is 23.9 Å². The molecule has 3 heterocycles. The average Bonchev–Trinajstić information content (AvgIpc) is 2.78. The maximum Gasteiger partial charge on any atom is 0.128 e. The highest BCUT2D eigenvalue weighted by Gasteiger charge is 2.36. The van der Waals surface area contributed by atoms with Crippen molar-refractivity contribution in [1.82, 2.24) is 10.3 Å². The number of aromatic nitrogens is 1. The molecule has 3 heteroatoms. The zero-order valence-electron chi connectivity index (χ0n) is 9.11. The number of nitrogens with zero attached hydrogens (tertiary/aromatic N) is 2. The van der Waals surface area contributed by atoms with Gasteiger partial charge in [-0.25, -0.2) is 4.98 Å². The molecule has 15 heavy (non-hydrogen) atoms. The Morgan fingerprint density at radius 1 is 1.27 bits per heavy atom. The Bertz CT molecular complexity index is 334. The van der Waals surface area contributed by atoms with E-state index in [9.17, 15) is 0 Å². The van der Waals surface area contributed by atoms with Crippen molar-refractivity contribution in [3.63, 3.8) is 0 Å². The Labute approximate surface area is 90.5 Å². The van der Waals surface area contributed by atoms with Crippen molar-refractivity contribution in [3.8, 4) is 0 Å². The molecule has 2 aliphatic rings. The van der Waals surface area contributed by atoms with Crippen molar-refractivity contribution in [1.29, 1.82) is 0 Å². The summed E-state index contributed by atoms with van der Waals surface area (Å²) >= 11 is 0. The van der Waals surface area contributed by atoms with Gasteiger partial charge in [0, 0.05) is 32.4 Å². The topological polar surface area (TPSA) is 28.2 Å². The van der Waals surface area contributed by atoms with E-state index < -0.39 is 0 Å². The van der Waals surface area contributed by atoms with E-state index in [0.29, 0.717) is 0 Å². The van der Waals surface area contributed by atoms with E-state index in [1.165, 1.54) is 31.7 Å². The van der Waals surface area contributed by atoms with Crippen LogP contribution in [0.25, 0.3) is 0 Å². The number of pyridine rings is 1. The monoisotopic (exact) mass is 203 g/mol. The minimum Gasteiger partial charge on any atom is -0.356 e. The summed E-state index contributed by atoms with van der Waals surface area (Å²) in [5.41, 5.74) is 1.24. The van der Waals surface area contributed by atoms with Crippen LogP contribution in [0.2, 0.25) is 0 Å². The number of nitrogens with one attached hydrogen (secondary N) is 1. The molecule has 3 rings (SSSR count). The van der Waals surface area contributed by atoms with Gasteiger partial charge in [-0.05, 0) is 30.4 Å². The van der Waals surface area contributed by atoms with Gasteiger partial charge in [-0.3, -0.25) is 0 Å². The number of hydrogen-bond donors (Lipinski definition) is 1. The fraction of sp³-hybridized carbons (Fsp3) is 0.583. The van der Waals surface area contributed by atoms with Crippen LogP contribution in [-0.2, 0) is 0 Å². The zero-order chi connectivity index (χ0) is 10.3. The molecule has 2 atom stereocenters. The number of fused-ring (bicyclic) bond motifs is 1. The fourth-order valence-electron chi connectivity index (χ4n) is 2.69. The summed E-state index contributed by atoms with van der Waals surface area (Å²) in [4.78, 5) is 6.92.